The van der Waals surface area contributed by atoms with Crippen LogP contribution in [0, 0.1) is 5.92 Å². The SMILES string of the molecule is O=C(Nc1cccc(N2CCNC2=O)c1)[C@H]1CC(=O)N([C@H]2CCS(=O)(=O)C2)C1. The number of nitrogens with zero attached hydrogens (tertiary/aromatic N) is 2. The summed E-state index contributed by atoms with van der Waals surface area (Å²) < 4.78 is 23.4. The standard InChI is InChI=1S/C18H22N4O5S/c23-16-8-12(10-22(16)15-4-7-28(26,27)11-15)17(24)20-13-2-1-3-14(9-13)21-6-5-19-18(21)25/h1-3,9,12,15H,4-8,10-11H2,(H,19,25)(H,20,24)/t12-,15-/m0/s1. The summed E-state index contributed by atoms with van der Waals surface area (Å²) in [7, 11) is -3.09. The summed E-state index contributed by atoms with van der Waals surface area (Å²) in [6.07, 6.45) is 0.513. The van der Waals surface area contributed by atoms with Crippen LogP contribution in [-0.4, -0.2) is 68.3 Å². The molecule has 0 spiro atoms. The number of anilines is 2. The van der Waals surface area contributed by atoms with Gasteiger partial charge in [-0.25, -0.2) is 13.2 Å². The molecule has 28 heavy (non-hydrogen) atoms. The topological polar surface area (TPSA) is 116 Å². The molecule has 2 N–H and O–H groups in total. The Kier molecular flexibility index (Phi) is 4.74. The molecule has 3 fully saturated rings. The Bertz CT molecular complexity index is 932. The van der Waals surface area contributed by atoms with Crippen LogP contribution in [-0.2, 0) is 19.4 Å². The average Bonchev–Trinajstić information content (AvgIpc) is 3.33. The first kappa shape index (κ1) is 18.7. The van der Waals surface area contributed by atoms with Gasteiger partial charge in [-0.1, -0.05) is 6.07 Å². The lowest BCUT2D eigenvalue weighted by atomic mass is 10.1. The van der Waals surface area contributed by atoms with E-state index in [0.717, 1.165) is 0 Å². The van der Waals surface area contributed by atoms with Gasteiger partial charge in [-0.2, -0.15) is 0 Å². The minimum absolute atomic E-state index is 0.0208. The van der Waals surface area contributed by atoms with E-state index in [0.29, 0.717) is 30.9 Å². The number of amides is 4. The molecule has 3 heterocycles. The summed E-state index contributed by atoms with van der Waals surface area (Å²) in [4.78, 5) is 39.9. The zero-order chi connectivity index (χ0) is 19.9. The normalized spacial score (nSPS) is 26.6. The molecule has 1 aromatic carbocycles. The quantitative estimate of drug-likeness (QED) is 0.741. The first-order valence-electron chi connectivity index (χ1n) is 9.28. The average molecular weight is 406 g/mol. The van der Waals surface area contributed by atoms with Crippen molar-refractivity contribution in [3.05, 3.63) is 24.3 Å². The zero-order valence-electron chi connectivity index (χ0n) is 15.3. The van der Waals surface area contributed by atoms with Crippen LogP contribution >= 0.6 is 0 Å². The lowest BCUT2D eigenvalue weighted by molar-refractivity contribution is -0.129. The Morgan fingerprint density at radius 1 is 1.25 bits per heavy atom. The molecule has 1 aromatic rings. The molecule has 0 bridgehead atoms. The molecule has 3 aliphatic heterocycles. The van der Waals surface area contributed by atoms with Crippen molar-refractivity contribution in [2.75, 3.05) is 41.4 Å². The molecular weight excluding hydrogens is 384 g/mol. The van der Waals surface area contributed by atoms with Gasteiger partial charge in [0.2, 0.25) is 11.8 Å². The van der Waals surface area contributed by atoms with Gasteiger partial charge in [0.25, 0.3) is 0 Å². The number of carbonyl (C=O) groups excluding carboxylic acids is 3. The van der Waals surface area contributed by atoms with Crippen molar-refractivity contribution in [2.24, 2.45) is 5.92 Å². The van der Waals surface area contributed by atoms with E-state index >= 15 is 0 Å². The van der Waals surface area contributed by atoms with Gasteiger partial charge >= 0.3 is 6.03 Å². The van der Waals surface area contributed by atoms with Gasteiger partial charge in [0.15, 0.2) is 9.84 Å². The van der Waals surface area contributed by atoms with E-state index in [4.69, 9.17) is 0 Å². The van der Waals surface area contributed by atoms with E-state index in [1.807, 2.05) is 0 Å². The van der Waals surface area contributed by atoms with Crippen LogP contribution in [0.15, 0.2) is 24.3 Å². The highest BCUT2D eigenvalue weighted by atomic mass is 32.2. The first-order valence-corrected chi connectivity index (χ1v) is 11.1. The van der Waals surface area contributed by atoms with Crippen LogP contribution in [0.3, 0.4) is 0 Å². The van der Waals surface area contributed by atoms with Gasteiger partial charge in [-0.15, -0.1) is 0 Å². The number of nitrogens with one attached hydrogen (secondary N) is 2. The van der Waals surface area contributed by atoms with Crippen molar-refractivity contribution in [2.45, 2.75) is 18.9 Å². The summed E-state index contributed by atoms with van der Waals surface area (Å²) in [6.45, 7) is 1.37. The van der Waals surface area contributed by atoms with Gasteiger partial charge in [0.05, 0.1) is 17.4 Å². The molecule has 150 valence electrons. The fourth-order valence-electron chi connectivity index (χ4n) is 4.00. The van der Waals surface area contributed by atoms with Gasteiger partial charge in [0, 0.05) is 43.5 Å². The van der Waals surface area contributed by atoms with E-state index in [-0.39, 0.29) is 48.4 Å². The maximum absolute atomic E-state index is 12.6. The number of hydrogen-bond donors (Lipinski definition) is 2. The highest BCUT2D eigenvalue weighted by Crippen LogP contribution is 2.28. The van der Waals surface area contributed by atoms with Crippen molar-refractivity contribution >= 4 is 39.1 Å². The Hall–Kier alpha value is -2.62. The van der Waals surface area contributed by atoms with E-state index in [1.54, 1.807) is 34.1 Å². The molecule has 3 saturated heterocycles. The first-order chi connectivity index (χ1) is 13.3. The van der Waals surface area contributed by atoms with E-state index in [9.17, 15) is 22.8 Å². The van der Waals surface area contributed by atoms with E-state index in [2.05, 4.69) is 10.6 Å². The second-order valence-corrected chi connectivity index (χ2v) is 9.66. The van der Waals surface area contributed by atoms with Gasteiger partial charge in [-0.05, 0) is 24.6 Å². The predicted octanol–water partition coefficient (Wildman–Crippen LogP) is 0.190. The fraction of sp³-hybridized carbons (Fsp3) is 0.500. The van der Waals surface area contributed by atoms with Gasteiger partial charge in [-0.3, -0.25) is 14.5 Å². The lowest BCUT2D eigenvalue weighted by Crippen LogP contribution is -2.38. The third kappa shape index (κ3) is 3.68. The molecule has 3 aliphatic rings. The Labute approximate surface area is 163 Å². The number of hydrogen-bond acceptors (Lipinski definition) is 5. The van der Waals surface area contributed by atoms with Crippen molar-refractivity contribution in [3.63, 3.8) is 0 Å². The van der Waals surface area contributed by atoms with Crippen LogP contribution in [0.25, 0.3) is 0 Å². The molecule has 0 radical (unpaired) electrons. The third-order valence-corrected chi connectivity index (χ3v) is 7.21. The maximum Gasteiger partial charge on any atom is 0.321 e. The predicted molar refractivity (Wildman–Crippen MR) is 103 cm³/mol. The zero-order valence-corrected chi connectivity index (χ0v) is 16.1. The monoisotopic (exact) mass is 406 g/mol. The molecule has 4 amide bonds. The van der Waals surface area contributed by atoms with Crippen molar-refractivity contribution in [3.8, 4) is 0 Å². The molecule has 10 heteroatoms. The third-order valence-electron chi connectivity index (χ3n) is 5.46. The van der Waals surface area contributed by atoms with E-state index in [1.165, 1.54) is 0 Å². The second-order valence-electron chi connectivity index (χ2n) is 7.43. The highest BCUT2D eigenvalue weighted by molar-refractivity contribution is 7.91. The summed E-state index contributed by atoms with van der Waals surface area (Å²) in [6, 6.07) is 6.50. The number of urea groups is 1. The number of likely N-dealkylation sites (tertiary alicyclic amines) is 1. The van der Waals surface area contributed by atoms with Crippen molar-refractivity contribution in [1.82, 2.24) is 10.2 Å². The minimum Gasteiger partial charge on any atom is -0.338 e. The number of sulfone groups is 1. The number of rotatable bonds is 4. The minimum atomic E-state index is -3.09. The van der Waals surface area contributed by atoms with Crippen molar-refractivity contribution < 1.29 is 22.8 Å². The van der Waals surface area contributed by atoms with Crippen LogP contribution in [0.4, 0.5) is 16.2 Å². The van der Waals surface area contributed by atoms with Crippen LogP contribution < -0.4 is 15.5 Å². The lowest BCUT2D eigenvalue weighted by Gasteiger charge is -2.23. The van der Waals surface area contributed by atoms with E-state index < -0.39 is 15.8 Å². The molecule has 4 rings (SSSR count). The van der Waals surface area contributed by atoms with Crippen LogP contribution in [0.1, 0.15) is 12.8 Å². The smallest absolute Gasteiger partial charge is 0.321 e. The highest BCUT2D eigenvalue weighted by Gasteiger charge is 2.41. The Balaban J connectivity index is 1.40. The molecule has 9 nitrogen and oxygen atoms in total. The largest absolute Gasteiger partial charge is 0.338 e. The summed E-state index contributed by atoms with van der Waals surface area (Å²) in [5.74, 6) is -0.902. The van der Waals surface area contributed by atoms with Crippen LogP contribution in [0.2, 0.25) is 0 Å². The van der Waals surface area contributed by atoms with Crippen molar-refractivity contribution in [1.29, 1.82) is 0 Å². The fourth-order valence-corrected chi connectivity index (χ4v) is 5.73. The van der Waals surface area contributed by atoms with Gasteiger partial charge in [0.1, 0.15) is 0 Å². The second kappa shape index (κ2) is 7.08. The summed E-state index contributed by atoms with van der Waals surface area (Å²) in [5, 5.41) is 5.55. The van der Waals surface area contributed by atoms with Crippen LogP contribution in [0.5, 0.6) is 0 Å². The molecule has 0 aromatic heterocycles. The molecule has 0 saturated carbocycles. The molecular formula is C18H22N4O5S. The number of benzene rings is 1. The Morgan fingerprint density at radius 3 is 2.75 bits per heavy atom. The summed E-state index contributed by atoms with van der Waals surface area (Å²) in [5.41, 5.74) is 1.24. The molecule has 2 atom stereocenters. The Morgan fingerprint density at radius 2 is 2.07 bits per heavy atom. The maximum atomic E-state index is 12.6. The molecule has 0 unspecified atom stereocenters. The molecule has 0 aliphatic carbocycles. The number of carbonyl (C=O) groups is 3. The van der Waals surface area contributed by atoms with Gasteiger partial charge < -0.3 is 15.5 Å². The summed E-state index contributed by atoms with van der Waals surface area (Å²) >= 11 is 0.